The molecule has 0 N–H and O–H groups in total. The van der Waals surface area contributed by atoms with Crippen LogP contribution < -0.4 is 4.74 Å². The number of nitrogens with zero attached hydrogens (tertiary/aromatic N) is 1. The molecule has 0 fully saturated rings. The van der Waals surface area contributed by atoms with Gasteiger partial charge in [0.25, 0.3) is 0 Å². The Bertz CT molecular complexity index is 328. The fourth-order valence-corrected chi connectivity index (χ4v) is 1.37. The van der Waals surface area contributed by atoms with Crippen molar-refractivity contribution in [2.24, 2.45) is 0 Å². The van der Waals surface area contributed by atoms with E-state index < -0.39 is 18.6 Å². The van der Waals surface area contributed by atoms with Crippen molar-refractivity contribution in [1.82, 2.24) is 4.98 Å². The lowest BCUT2D eigenvalue weighted by molar-refractivity contribution is -0.138. The zero-order valence-corrected chi connectivity index (χ0v) is 8.76. The minimum Gasteiger partial charge on any atom is -0.461 e. The van der Waals surface area contributed by atoms with Crippen molar-refractivity contribution in [2.75, 3.05) is 6.86 Å². The highest BCUT2D eigenvalue weighted by Gasteiger charge is 2.34. The summed E-state index contributed by atoms with van der Waals surface area (Å²) in [5.74, 6) is -0.236. The fraction of sp³-hybridized carbons (Fsp3) is 0.286. The summed E-state index contributed by atoms with van der Waals surface area (Å²) in [5.41, 5.74) is -0.927. The monoisotopic (exact) mass is 321 g/mol. The molecule has 0 radical (unpaired) electrons. The van der Waals surface area contributed by atoms with E-state index >= 15 is 0 Å². The second-order valence-corrected chi connectivity index (χ2v) is 3.28. The van der Waals surface area contributed by atoms with E-state index in [1.807, 2.05) is 0 Å². The molecule has 0 atom stereocenters. The molecule has 0 saturated heterocycles. The van der Waals surface area contributed by atoms with E-state index in [9.17, 15) is 17.6 Å². The number of aromatic nitrogens is 1. The molecule has 7 heteroatoms. The maximum absolute atomic E-state index is 12.3. The number of hydrogen-bond donors (Lipinski definition) is 0. The zero-order valence-electron chi connectivity index (χ0n) is 6.61. The van der Waals surface area contributed by atoms with Crippen LogP contribution in [0.2, 0.25) is 0 Å². The molecule has 0 aliphatic rings. The van der Waals surface area contributed by atoms with E-state index in [4.69, 9.17) is 0 Å². The van der Waals surface area contributed by atoms with Crippen LogP contribution in [0.15, 0.2) is 12.3 Å². The standard InChI is InChI=1S/C7H4F4INO/c8-3-14-4-1-5(7(9,10)11)6(12)13-2-4/h1-2H,3H2. The van der Waals surface area contributed by atoms with Gasteiger partial charge in [-0.25, -0.2) is 9.37 Å². The van der Waals surface area contributed by atoms with Crippen LogP contribution >= 0.6 is 22.6 Å². The SMILES string of the molecule is FCOc1cnc(I)c(C(F)(F)F)c1. The molecule has 0 saturated carbocycles. The summed E-state index contributed by atoms with van der Waals surface area (Å²) in [5, 5.41) is 0. The highest BCUT2D eigenvalue weighted by molar-refractivity contribution is 14.1. The number of halogens is 5. The van der Waals surface area contributed by atoms with Crippen molar-refractivity contribution in [3.8, 4) is 5.75 Å². The predicted molar refractivity (Wildman–Crippen MR) is 48.6 cm³/mol. The van der Waals surface area contributed by atoms with Gasteiger partial charge >= 0.3 is 6.18 Å². The Morgan fingerprint density at radius 3 is 2.57 bits per heavy atom. The third kappa shape index (κ3) is 2.69. The molecule has 0 unspecified atom stereocenters. The topological polar surface area (TPSA) is 22.1 Å². The summed E-state index contributed by atoms with van der Waals surface area (Å²) in [4.78, 5) is 3.44. The minimum absolute atomic E-state index is 0.193. The Balaban J connectivity index is 3.09. The summed E-state index contributed by atoms with van der Waals surface area (Å²) in [6.45, 7) is -1.18. The van der Waals surface area contributed by atoms with Crippen molar-refractivity contribution >= 4 is 22.6 Å². The first-order chi connectivity index (χ1) is 6.45. The Labute approximate surface area is 90.4 Å². The van der Waals surface area contributed by atoms with E-state index in [1.165, 1.54) is 22.6 Å². The Hall–Kier alpha value is -0.600. The lowest BCUT2D eigenvalue weighted by Crippen LogP contribution is -2.09. The van der Waals surface area contributed by atoms with Gasteiger partial charge in [0.1, 0.15) is 9.45 Å². The third-order valence-electron chi connectivity index (χ3n) is 1.34. The van der Waals surface area contributed by atoms with Crippen LogP contribution in [-0.2, 0) is 6.18 Å². The molecule has 2 nitrogen and oxygen atoms in total. The molecular weight excluding hydrogens is 317 g/mol. The van der Waals surface area contributed by atoms with Crippen LogP contribution in [0, 0.1) is 3.70 Å². The van der Waals surface area contributed by atoms with Crippen molar-refractivity contribution in [2.45, 2.75) is 6.18 Å². The Kier molecular flexibility index (Phi) is 3.51. The Morgan fingerprint density at radius 1 is 1.43 bits per heavy atom. The van der Waals surface area contributed by atoms with Gasteiger partial charge in [0, 0.05) is 0 Å². The van der Waals surface area contributed by atoms with Crippen LogP contribution in [0.25, 0.3) is 0 Å². The molecule has 0 bridgehead atoms. The van der Waals surface area contributed by atoms with Crippen LogP contribution in [0.5, 0.6) is 5.75 Å². The maximum Gasteiger partial charge on any atom is 0.419 e. The highest BCUT2D eigenvalue weighted by Crippen LogP contribution is 2.33. The number of hydrogen-bond acceptors (Lipinski definition) is 2. The summed E-state index contributed by atoms with van der Waals surface area (Å²) in [6, 6.07) is 0.717. The summed E-state index contributed by atoms with van der Waals surface area (Å²) in [7, 11) is 0. The number of ether oxygens (including phenoxy) is 1. The van der Waals surface area contributed by atoms with Gasteiger partial charge in [-0.05, 0) is 28.7 Å². The summed E-state index contributed by atoms with van der Waals surface area (Å²) in [6.07, 6.45) is -3.46. The second-order valence-electron chi connectivity index (χ2n) is 2.26. The second kappa shape index (κ2) is 4.28. The molecule has 1 aromatic heterocycles. The molecule has 0 aromatic carbocycles. The molecule has 1 rings (SSSR count). The quantitative estimate of drug-likeness (QED) is 0.475. The number of pyridine rings is 1. The summed E-state index contributed by atoms with van der Waals surface area (Å²) < 4.78 is 52.6. The van der Waals surface area contributed by atoms with Gasteiger partial charge in [-0.15, -0.1) is 0 Å². The molecule has 0 aliphatic heterocycles. The van der Waals surface area contributed by atoms with Crippen LogP contribution in [0.3, 0.4) is 0 Å². The summed E-state index contributed by atoms with van der Waals surface area (Å²) >= 11 is 1.45. The smallest absolute Gasteiger partial charge is 0.419 e. The molecular formula is C7H4F4INO. The average Bonchev–Trinajstić information content (AvgIpc) is 2.07. The van der Waals surface area contributed by atoms with Gasteiger partial charge in [-0.3, -0.25) is 0 Å². The minimum atomic E-state index is -4.50. The fourth-order valence-electron chi connectivity index (χ4n) is 0.770. The molecule has 1 aromatic rings. The van der Waals surface area contributed by atoms with Gasteiger partial charge in [-0.2, -0.15) is 13.2 Å². The van der Waals surface area contributed by atoms with Crippen LogP contribution in [0.4, 0.5) is 17.6 Å². The molecule has 1 heterocycles. The first kappa shape index (κ1) is 11.5. The zero-order chi connectivity index (χ0) is 10.8. The number of alkyl halides is 4. The molecule has 78 valence electrons. The van der Waals surface area contributed by atoms with Gasteiger partial charge < -0.3 is 4.74 Å². The highest BCUT2D eigenvalue weighted by atomic mass is 127. The molecule has 0 amide bonds. The normalized spacial score (nSPS) is 11.5. The first-order valence-corrected chi connectivity index (χ1v) is 4.44. The van der Waals surface area contributed by atoms with E-state index in [-0.39, 0.29) is 9.45 Å². The van der Waals surface area contributed by atoms with E-state index in [0.717, 1.165) is 6.20 Å². The van der Waals surface area contributed by atoms with Gasteiger partial charge in [0.2, 0.25) is 6.86 Å². The van der Waals surface area contributed by atoms with Crippen LogP contribution in [-0.4, -0.2) is 11.8 Å². The maximum atomic E-state index is 12.3. The lowest BCUT2D eigenvalue weighted by Gasteiger charge is -2.09. The molecule has 14 heavy (non-hydrogen) atoms. The van der Waals surface area contributed by atoms with Gasteiger partial charge in [0.15, 0.2) is 0 Å². The Morgan fingerprint density at radius 2 is 2.07 bits per heavy atom. The van der Waals surface area contributed by atoms with Crippen molar-refractivity contribution in [3.05, 3.63) is 21.5 Å². The van der Waals surface area contributed by atoms with Crippen molar-refractivity contribution in [1.29, 1.82) is 0 Å². The molecule has 0 aliphatic carbocycles. The van der Waals surface area contributed by atoms with Crippen molar-refractivity contribution in [3.63, 3.8) is 0 Å². The van der Waals surface area contributed by atoms with Crippen molar-refractivity contribution < 1.29 is 22.3 Å². The van der Waals surface area contributed by atoms with E-state index in [2.05, 4.69) is 9.72 Å². The number of rotatable bonds is 2. The average molecular weight is 321 g/mol. The lowest BCUT2D eigenvalue weighted by atomic mass is 10.3. The van der Waals surface area contributed by atoms with Crippen LogP contribution in [0.1, 0.15) is 5.56 Å². The first-order valence-electron chi connectivity index (χ1n) is 3.36. The predicted octanol–water partition coefficient (Wildman–Crippen LogP) is 3.01. The van der Waals surface area contributed by atoms with E-state index in [1.54, 1.807) is 0 Å². The molecule has 0 spiro atoms. The van der Waals surface area contributed by atoms with E-state index in [0.29, 0.717) is 6.07 Å². The third-order valence-corrected chi connectivity index (χ3v) is 2.20. The van der Waals surface area contributed by atoms with Gasteiger partial charge in [-0.1, -0.05) is 0 Å². The van der Waals surface area contributed by atoms with Gasteiger partial charge in [0.05, 0.1) is 11.8 Å². The largest absolute Gasteiger partial charge is 0.461 e.